The molecule has 28 heavy (non-hydrogen) atoms. The van der Waals surface area contributed by atoms with Crippen LogP contribution in [-0.4, -0.2) is 16.8 Å². The second kappa shape index (κ2) is 6.40. The summed E-state index contributed by atoms with van der Waals surface area (Å²) in [4.78, 5) is 29.4. The molecule has 3 aromatic rings. The van der Waals surface area contributed by atoms with Gasteiger partial charge < -0.3 is 10.0 Å². The molecule has 0 fully saturated rings. The average molecular weight is 389 g/mol. The molecule has 0 saturated carbocycles. The summed E-state index contributed by atoms with van der Waals surface area (Å²) in [5.74, 6) is -1.32. The number of carbonyl (C=O) groups is 2. The van der Waals surface area contributed by atoms with Gasteiger partial charge in [0.1, 0.15) is 0 Å². The van der Waals surface area contributed by atoms with Crippen LogP contribution in [0.4, 0.5) is 5.69 Å². The zero-order chi connectivity index (χ0) is 19.3. The smallest absolute Gasteiger partial charge is 0.264 e. The van der Waals surface area contributed by atoms with Gasteiger partial charge >= 0.3 is 0 Å². The normalized spacial score (nSPS) is 23.6. The predicted octanol–water partition coefficient (Wildman–Crippen LogP) is 3.93. The predicted molar refractivity (Wildman–Crippen MR) is 108 cm³/mol. The molecule has 1 amide bonds. The number of nitrogens with zero attached hydrogens (tertiary/aromatic N) is 1. The van der Waals surface area contributed by atoms with Gasteiger partial charge in [0.15, 0.2) is 11.4 Å². The summed E-state index contributed by atoms with van der Waals surface area (Å²) in [6.07, 6.45) is 1.13. The summed E-state index contributed by atoms with van der Waals surface area (Å²) >= 11 is 1.57. The van der Waals surface area contributed by atoms with Gasteiger partial charge in [0, 0.05) is 16.0 Å². The van der Waals surface area contributed by atoms with Gasteiger partial charge in [-0.15, -0.1) is 11.3 Å². The molecule has 4 nitrogen and oxygen atoms in total. The Morgan fingerprint density at radius 3 is 2.64 bits per heavy atom. The Hall–Kier alpha value is -2.76. The van der Waals surface area contributed by atoms with Crippen LogP contribution >= 0.6 is 11.3 Å². The maximum atomic E-state index is 13.5. The zero-order valence-corrected chi connectivity index (χ0v) is 16.0. The van der Waals surface area contributed by atoms with Crippen molar-refractivity contribution in [1.82, 2.24) is 0 Å². The highest BCUT2D eigenvalue weighted by molar-refractivity contribution is 7.09. The fourth-order valence-corrected chi connectivity index (χ4v) is 5.20. The second-order valence-corrected chi connectivity index (χ2v) is 8.40. The van der Waals surface area contributed by atoms with E-state index >= 15 is 0 Å². The highest BCUT2D eigenvalue weighted by Crippen LogP contribution is 2.48. The number of aryl methyl sites for hydroxylation is 1. The van der Waals surface area contributed by atoms with E-state index in [0.717, 1.165) is 10.4 Å². The van der Waals surface area contributed by atoms with Crippen molar-refractivity contribution in [2.24, 2.45) is 5.92 Å². The summed E-state index contributed by atoms with van der Waals surface area (Å²) in [5.41, 5.74) is 1.01. The number of thiophene rings is 1. The van der Waals surface area contributed by atoms with E-state index in [2.05, 4.69) is 0 Å². The van der Waals surface area contributed by atoms with Crippen LogP contribution in [0.15, 0.2) is 66.0 Å². The monoisotopic (exact) mass is 389 g/mol. The van der Waals surface area contributed by atoms with E-state index in [1.54, 1.807) is 28.4 Å². The number of para-hydroxylation sites is 1. The van der Waals surface area contributed by atoms with E-state index in [4.69, 9.17) is 0 Å². The Bertz CT molecular complexity index is 1070. The van der Waals surface area contributed by atoms with Crippen LogP contribution in [0.3, 0.4) is 0 Å². The average Bonchev–Trinajstić information content (AvgIpc) is 3.31. The number of ketones is 1. The molecule has 2 aromatic carbocycles. The molecule has 1 aromatic heterocycles. The molecule has 140 valence electrons. The minimum absolute atomic E-state index is 0.148. The first kappa shape index (κ1) is 17.3. The van der Waals surface area contributed by atoms with Crippen LogP contribution in [-0.2, 0) is 23.4 Å². The number of fused-ring (bicyclic) bond motifs is 2. The number of Topliss-reactive ketones (excluding diaryl/α,β-unsaturated/α-hetero) is 1. The number of hydrogen-bond donors (Lipinski definition) is 1. The molecular weight excluding hydrogens is 370 g/mol. The molecule has 2 atom stereocenters. The highest BCUT2D eigenvalue weighted by Gasteiger charge is 2.57. The summed E-state index contributed by atoms with van der Waals surface area (Å²) in [5, 5.41) is 13.7. The van der Waals surface area contributed by atoms with E-state index in [1.807, 2.05) is 53.9 Å². The Kier molecular flexibility index (Phi) is 3.96. The number of amides is 1. The topological polar surface area (TPSA) is 57.6 Å². The number of benzene rings is 2. The third-order valence-corrected chi connectivity index (χ3v) is 6.74. The Balaban J connectivity index is 1.59. The highest BCUT2D eigenvalue weighted by atomic mass is 32.1. The molecule has 0 radical (unpaired) electrons. The number of hydrogen-bond acceptors (Lipinski definition) is 4. The lowest BCUT2D eigenvalue weighted by atomic mass is 9.71. The number of rotatable bonds is 3. The largest absolute Gasteiger partial charge is 0.375 e. The van der Waals surface area contributed by atoms with Gasteiger partial charge in [-0.3, -0.25) is 9.59 Å². The summed E-state index contributed by atoms with van der Waals surface area (Å²) in [7, 11) is 0. The molecule has 5 heteroatoms. The Morgan fingerprint density at radius 1 is 1.04 bits per heavy atom. The van der Waals surface area contributed by atoms with Crippen LogP contribution in [0, 0.1) is 5.92 Å². The number of carbonyl (C=O) groups excluding carboxylic acids is 2. The van der Waals surface area contributed by atoms with Gasteiger partial charge in [0.2, 0.25) is 0 Å². The SMILES string of the molecule is O=C1c2ccccc2CC[C@@H]1[C@@]1(O)C(=O)N(Cc2cccs2)c2ccccc21. The fraction of sp³-hybridized carbons (Fsp3) is 0.217. The minimum Gasteiger partial charge on any atom is -0.375 e. The Labute approximate surface area is 167 Å². The van der Waals surface area contributed by atoms with Crippen LogP contribution < -0.4 is 4.90 Å². The standard InChI is InChI=1S/C23H19NO3S/c25-21-17-8-2-1-6-15(17)11-12-19(21)23(27)18-9-3-4-10-20(18)24(22(23)26)14-16-7-5-13-28-16/h1-10,13,19,27H,11-12,14H2/t19-,23+/m0/s1. The molecule has 1 aliphatic carbocycles. The molecule has 0 spiro atoms. The van der Waals surface area contributed by atoms with E-state index < -0.39 is 17.4 Å². The van der Waals surface area contributed by atoms with Gasteiger partial charge in [-0.25, -0.2) is 0 Å². The first-order chi connectivity index (χ1) is 13.6. The van der Waals surface area contributed by atoms with Gasteiger partial charge in [0.25, 0.3) is 5.91 Å². The molecule has 0 bridgehead atoms. The van der Waals surface area contributed by atoms with Crippen molar-refractivity contribution in [3.8, 4) is 0 Å². The molecule has 1 N–H and O–H groups in total. The summed E-state index contributed by atoms with van der Waals surface area (Å²) < 4.78 is 0. The van der Waals surface area contributed by atoms with Crippen molar-refractivity contribution in [3.63, 3.8) is 0 Å². The van der Waals surface area contributed by atoms with Gasteiger partial charge in [0.05, 0.1) is 18.2 Å². The summed E-state index contributed by atoms with van der Waals surface area (Å²) in [6.45, 7) is 0.396. The van der Waals surface area contributed by atoms with Gasteiger partial charge in [-0.2, -0.15) is 0 Å². The molecule has 1 aliphatic heterocycles. The van der Waals surface area contributed by atoms with E-state index in [9.17, 15) is 14.7 Å². The van der Waals surface area contributed by atoms with Crippen LogP contribution in [0.2, 0.25) is 0 Å². The van der Waals surface area contributed by atoms with Gasteiger partial charge in [-0.1, -0.05) is 48.5 Å². The fourth-order valence-electron chi connectivity index (χ4n) is 4.51. The third-order valence-electron chi connectivity index (χ3n) is 5.88. The first-order valence-electron chi connectivity index (χ1n) is 9.39. The molecular formula is C23H19NO3S. The third kappa shape index (κ3) is 2.40. The number of anilines is 1. The maximum absolute atomic E-state index is 13.5. The molecule has 0 saturated heterocycles. The zero-order valence-electron chi connectivity index (χ0n) is 15.2. The van der Waals surface area contributed by atoms with E-state index in [0.29, 0.717) is 36.2 Å². The van der Waals surface area contributed by atoms with Gasteiger partial charge in [-0.05, 0) is 35.9 Å². The lowest BCUT2D eigenvalue weighted by Gasteiger charge is -2.34. The lowest BCUT2D eigenvalue weighted by Crippen LogP contribution is -2.49. The first-order valence-corrected chi connectivity index (χ1v) is 10.3. The van der Waals surface area contributed by atoms with Crippen LogP contribution in [0.5, 0.6) is 0 Å². The van der Waals surface area contributed by atoms with Crippen molar-refractivity contribution in [3.05, 3.63) is 87.6 Å². The van der Waals surface area contributed by atoms with E-state index in [-0.39, 0.29) is 5.78 Å². The minimum atomic E-state index is -1.82. The number of aliphatic hydroxyl groups is 1. The molecule has 0 unspecified atom stereocenters. The van der Waals surface area contributed by atoms with Crippen molar-refractivity contribution in [1.29, 1.82) is 0 Å². The Morgan fingerprint density at radius 2 is 1.82 bits per heavy atom. The quantitative estimate of drug-likeness (QED) is 0.738. The van der Waals surface area contributed by atoms with Crippen LogP contribution in [0.25, 0.3) is 0 Å². The lowest BCUT2D eigenvalue weighted by molar-refractivity contribution is -0.140. The molecule has 5 rings (SSSR count). The molecule has 2 aliphatic rings. The van der Waals surface area contributed by atoms with Crippen LogP contribution in [0.1, 0.15) is 32.8 Å². The second-order valence-electron chi connectivity index (χ2n) is 7.37. The van der Waals surface area contributed by atoms with Crippen molar-refractivity contribution in [2.45, 2.75) is 25.0 Å². The van der Waals surface area contributed by atoms with E-state index in [1.165, 1.54) is 0 Å². The van der Waals surface area contributed by atoms with Crippen molar-refractivity contribution < 1.29 is 14.7 Å². The maximum Gasteiger partial charge on any atom is 0.264 e. The van der Waals surface area contributed by atoms with Crippen molar-refractivity contribution in [2.75, 3.05) is 4.90 Å². The molecule has 2 heterocycles. The van der Waals surface area contributed by atoms with Crippen molar-refractivity contribution >= 4 is 28.7 Å². The summed E-state index contributed by atoms with van der Waals surface area (Å²) in [6, 6.07) is 18.7.